The molecule has 1 aromatic carbocycles. The Morgan fingerprint density at radius 2 is 2.12 bits per heavy atom. The minimum Gasteiger partial charge on any atom is -0.455 e. The molecule has 1 aliphatic heterocycles. The van der Waals surface area contributed by atoms with Crippen molar-refractivity contribution in [2.24, 2.45) is 0 Å². The first kappa shape index (κ1) is 19.6. The predicted octanol–water partition coefficient (Wildman–Crippen LogP) is 2.33. The van der Waals surface area contributed by atoms with Crippen LogP contribution in [-0.4, -0.2) is 54.6 Å². The topological polar surface area (TPSA) is 98.7 Å². The lowest BCUT2D eigenvalue weighted by molar-refractivity contribution is 0.0467. The van der Waals surface area contributed by atoms with Crippen LogP contribution in [0.4, 0.5) is 0 Å². The third kappa shape index (κ3) is 4.24. The Morgan fingerprint density at radius 3 is 2.77 bits per heavy atom. The summed E-state index contributed by atoms with van der Waals surface area (Å²) in [5.74, 6) is -0.681. The van der Waals surface area contributed by atoms with Crippen molar-refractivity contribution in [3.8, 4) is 0 Å². The van der Waals surface area contributed by atoms with Gasteiger partial charge in [-0.25, -0.2) is 13.2 Å². The van der Waals surface area contributed by atoms with Gasteiger partial charge in [-0.1, -0.05) is 16.1 Å². The van der Waals surface area contributed by atoms with Crippen molar-refractivity contribution in [3.63, 3.8) is 0 Å². The lowest BCUT2D eigenvalue weighted by Crippen LogP contribution is -2.40. The number of benzene rings is 1. The molecule has 0 amide bonds. The average Bonchev–Trinajstić information content (AvgIpc) is 3.05. The molecule has 0 bridgehead atoms. The zero-order chi connectivity index (χ0) is 18.7. The van der Waals surface area contributed by atoms with Gasteiger partial charge in [-0.2, -0.15) is 4.31 Å². The van der Waals surface area contributed by atoms with Gasteiger partial charge in [0.2, 0.25) is 10.0 Å². The first-order valence-corrected chi connectivity index (χ1v) is 10.8. The van der Waals surface area contributed by atoms with Gasteiger partial charge in [0, 0.05) is 29.1 Å². The Morgan fingerprint density at radius 1 is 1.38 bits per heavy atom. The molecule has 1 saturated heterocycles. The number of nitrogens with zero attached hydrogens (tertiary/aromatic N) is 3. The van der Waals surface area contributed by atoms with Crippen LogP contribution in [0.5, 0.6) is 0 Å². The monoisotopic (exact) mass is 481 g/mol. The molecule has 3 rings (SSSR count). The number of halogens is 2. The quantitative estimate of drug-likeness (QED) is 0.603. The number of hydrogen-bond acceptors (Lipinski definition) is 8. The Hall–Kier alpha value is -1.11. The number of morpholine rings is 1. The van der Waals surface area contributed by atoms with Crippen LogP contribution in [0.15, 0.2) is 27.6 Å². The van der Waals surface area contributed by atoms with E-state index < -0.39 is 16.0 Å². The number of rotatable bonds is 5. The second kappa shape index (κ2) is 8.28. The van der Waals surface area contributed by atoms with Crippen LogP contribution in [0.1, 0.15) is 16.1 Å². The van der Waals surface area contributed by atoms with Gasteiger partial charge in [0.1, 0.15) is 16.6 Å². The molecule has 1 aliphatic rings. The number of sulfonamides is 1. The molecule has 12 heteroatoms. The second-order valence-corrected chi connectivity index (χ2v) is 9.35. The number of carbonyl (C=O) groups is 1. The smallest absolute Gasteiger partial charge is 0.338 e. The molecule has 1 fully saturated rings. The molecule has 0 atom stereocenters. The number of hydrogen-bond donors (Lipinski definition) is 0. The third-order valence-electron chi connectivity index (χ3n) is 3.60. The molecule has 140 valence electrons. The first-order chi connectivity index (χ1) is 12.4. The van der Waals surface area contributed by atoms with Crippen LogP contribution in [0.2, 0.25) is 4.34 Å². The van der Waals surface area contributed by atoms with E-state index in [4.69, 9.17) is 21.1 Å². The van der Waals surface area contributed by atoms with E-state index in [1.165, 1.54) is 22.5 Å². The van der Waals surface area contributed by atoms with Gasteiger partial charge in [0.05, 0.1) is 23.7 Å². The SMILES string of the molecule is O=C(OCc1nnsc1Cl)c1ccc(Br)c(S(=O)(=O)N2CCOCC2)c1. The van der Waals surface area contributed by atoms with Crippen molar-refractivity contribution in [1.82, 2.24) is 13.9 Å². The van der Waals surface area contributed by atoms with E-state index in [1.54, 1.807) is 0 Å². The highest BCUT2D eigenvalue weighted by Crippen LogP contribution is 2.27. The third-order valence-corrected chi connectivity index (χ3v) is 7.48. The lowest BCUT2D eigenvalue weighted by Gasteiger charge is -2.26. The van der Waals surface area contributed by atoms with Crippen molar-refractivity contribution in [1.29, 1.82) is 0 Å². The lowest BCUT2D eigenvalue weighted by atomic mass is 10.2. The van der Waals surface area contributed by atoms with Crippen LogP contribution in [0.25, 0.3) is 0 Å². The molecular weight excluding hydrogens is 470 g/mol. The van der Waals surface area contributed by atoms with Crippen LogP contribution in [0.3, 0.4) is 0 Å². The normalized spacial score (nSPS) is 15.8. The van der Waals surface area contributed by atoms with Crippen LogP contribution in [0, 0.1) is 0 Å². The fourth-order valence-electron chi connectivity index (χ4n) is 2.25. The van der Waals surface area contributed by atoms with Gasteiger partial charge >= 0.3 is 5.97 Å². The summed E-state index contributed by atoms with van der Waals surface area (Å²) in [6.07, 6.45) is 0. The summed E-state index contributed by atoms with van der Waals surface area (Å²) in [6, 6.07) is 4.27. The fourth-order valence-corrected chi connectivity index (χ4v) is 5.21. The molecule has 0 spiro atoms. The van der Waals surface area contributed by atoms with Gasteiger partial charge in [0.25, 0.3) is 0 Å². The van der Waals surface area contributed by atoms with Crippen LogP contribution < -0.4 is 0 Å². The standard InChI is InChI=1S/C14H13BrClN3O5S2/c15-10-2-1-9(14(20)24-8-11-13(16)25-18-17-11)7-12(10)26(21,22)19-3-5-23-6-4-19/h1-2,7H,3-6,8H2. The van der Waals surface area contributed by atoms with Crippen LogP contribution >= 0.6 is 39.1 Å². The maximum absolute atomic E-state index is 12.8. The van der Waals surface area contributed by atoms with E-state index in [1.807, 2.05) is 0 Å². The highest BCUT2D eigenvalue weighted by Gasteiger charge is 2.29. The van der Waals surface area contributed by atoms with Gasteiger partial charge < -0.3 is 9.47 Å². The van der Waals surface area contributed by atoms with E-state index in [0.29, 0.717) is 27.7 Å². The summed E-state index contributed by atoms with van der Waals surface area (Å²) < 4.78 is 41.7. The largest absolute Gasteiger partial charge is 0.455 e. The molecular formula is C14H13BrClN3O5S2. The van der Waals surface area contributed by atoms with Crippen molar-refractivity contribution in [2.45, 2.75) is 11.5 Å². The molecule has 2 aromatic rings. The Balaban J connectivity index is 1.80. The van der Waals surface area contributed by atoms with E-state index >= 15 is 0 Å². The van der Waals surface area contributed by atoms with Gasteiger partial charge in [-0.3, -0.25) is 0 Å². The number of aromatic nitrogens is 2. The second-order valence-electron chi connectivity index (χ2n) is 5.23. The minimum absolute atomic E-state index is 0.00204. The number of ether oxygens (including phenoxy) is 2. The molecule has 0 unspecified atom stereocenters. The van der Waals surface area contributed by atoms with Gasteiger partial charge in [-0.05, 0) is 34.1 Å². The fraction of sp³-hybridized carbons (Fsp3) is 0.357. The highest BCUT2D eigenvalue weighted by molar-refractivity contribution is 9.10. The van der Waals surface area contributed by atoms with Crippen LogP contribution in [-0.2, 0) is 26.1 Å². The Kier molecular flexibility index (Phi) is 6.25. The molecule has 1 aromatic heterocycles. The molecule has 0 N–H and O–H groups in total. The van der Waals surface area contributed by atoms with Crippen molar-refractivity contribution in [2.75, 3.05) is 26.3 Å². The summed E-state index contributed by atoms with van der Waals surface area (Å²) in [7, 11) is -3.76. The first-order valence-electron chi connectivity index (χ1n) is 7.41. The van der Waals surface area contributed by atoms with E-state index in [-0.39, 0.29) is 30.2 Å². The van der Waals surface area contributed by atoms with Gasteiger partial charge in [0.15, 0.2) is 0 Å². The zero-order valence-corrected chi connectivity index (χ0v) is 17.2. The summed E-state index contributed by atoms with van der Waals surface area (Å²) >= 11 is 10.1. The summed E-state index contributed by atoms with van der Waals surface area (Å²) in [5, 5.41) is 3.75. The van der Waals surface area contributed by atoms with E-state index in [9.17, 15) is 13.2 Å². The molecule has 0 saturated carbocycles. The molecule has 26 heavy (non-hydrogen) atoms. The Bertz CT molecular complexity index is 915. The van der Waals surface area contributed by atoms with Crippen molar-refractivity contribution in [3.05, 3.63) is 38.3 Å². The molecule has 0 aliphatic carbocycles. The summed E-state index contributed by atoms with van der Waals surface area (Å²) in [4.78, 5) is 12.3. The minimum atomic E-state index is -3.76. The van der Waals surface area contributed by atoms with Gasteiger partial charge in [-0.15, -0.1) is 5.10 Å². The number of esters is 1. The van der Waals surface area contributed by atoms with Crippen molar-refractivity contribution >= 4 is 55.1 Å². The summed E-state index contributed by atoms with van der Waals surface area (Å²) in [5.41, 5.74) is 0.461. The predicted molar refractivity (Wildman–Crippen MR) is 97.8 cm³/mol. The zero-order valence-electron chi connectivity index (χ0n) is 13.2. The summed E-state index contributed by atoms with van der Waals surface area (Å²) in [6.45, 7) is 1.05. The maximum Gasteiger partial charge on any atom is 0.338 e. The average molecular weight is 483 g/mol. The molecule has 8 nitrogen and oxygen atoms in total. The van der Waals surface area contributed by atoms with E-state index in [2.05, 4.69) is 25.5 Å². The van der Waals surface area contributed by atoms with Crippen molar-refractivity contribution < 1.29 is 22.7 Å². The molecule has 2 heterocycles. The van der Waals surface area contributed by atoms with E-state index in [0.717, 1.165) is 11.5 Å². The highest BCUT2D eigenvalue weighted by atomic mass is 79.9. The number of carbonyl (C=O) groups excluding carboxylic acids is 1. The Labute approximate surface area is 167 Å². The maximum atomic E-state index is 12.8. The molecule has 0 radical (unpaired) electrons.